The molecular weight excluding hydrogens is 406 g/mol. The topological polar surface area (TPSA) is 86.6 Å². The molecule has 3 aromatic carbocycles. The van der Waals surface area contributed by atoms with Crippen LogP contribution < -0.4 is 5.32 Å². The Morgan fingerprint density at radius 2 is 1.52 bits per heavy atom. The monoisotopic (exact) mass is 429 g/mol. The van der Waals surface area contributed by atoms with Gasteiger partial charge in [-0.2, -0.15) is 10.6 Å². The maximum atomic E-state index is 13.3. The van der Waals surface area contributed by atoms with Crippen LogP contribution in [0.4, 0.5) is 0 Å². The fraction of sp³-hybridized carbons (Fsp3) is 0.182. The minimum Gasteiger partial charge on any atom is -0.309 e. The molecule has 1 unspecified atom stereocenters. The van der Waals surface area contributed by atoms with Crippen LogP contribution in [0.25, 0.3) is 0 Å². The molecular formula is C22H23NO4S2. The van der Waals surface area contributed by atoms with Gasteiger partial charge in [0.25, 0.3) is 0 Å². The second kappa shape index (κ2) is 7.93. The van der Waals surface area contributed by atoms with Crippen LogP contribution in [-0.2, 0) is 22.9 Å². The lowest BCUT2D eigenvalue weighted by molar-refractivity contribution is 0.491. The van der Waals surface area contributed by atoms with E-state index in [0.717, 1.165) is 11.1 Å². The molecule has 1 aliphatic heterocycles. The van der Waals surface area contributed by atoms with Crippen LogP contribution in [-0.4, -0.2) is 23.3 Å². The Morgan fingerprint density at radius 1 is 0.862 bits per heavy atom. The summed E-state index contributed by atoms with van der Waals surface area (Å²) in [6.07, 6.45) is 0. The highest BCUT2D eigenvalue weighted by Gasteiger charge is 2.44. The minimum atomic E-state index is -3.75. The van der Waals surface area contributed by atoms with Crippen LogP contribution in [0.15, 0.2) is 88.7 Å². The van der Waals surface area contributed by atoms with Crippen LogP contribution in [0.3, 0.4) is 0 Å². The predicted octanol–water partition coefficient (Wildman–Crippen LogP) is 4.61. The fourth-order valence-electron chi connectivity index (χ4n) is 3.73. The highest BCUT2D eigenvalue weighted by atomic mass is 32.3. The smallest absolute Gasteiger partial charge is 0.187 e. The average molecular weight is 430 g/mol. The maximum Gasteiger partial charge on any atom is 0.187 e. The molecule has 0 fully saturated rings. The molecule has 5 nitrogen and oxygen atoms in total. The van der Waals surface area contributed by atoms with E-state index in [2.05, 4.69) is 5.32 Å². The molecule has 0 saturated carbocycles. The number of nitrogens with one attached hydrogen (secondary N) is 1. The van der Waals surface area contributed by atoms with Gasteiger partial charge in [0, 0.05) is 13.1 Å². The second-order valence-electron chi connectivity index (χ2n) is 7.10. The van der Waals surface area contributed by atoms with Gasteiger partial charge in [0.15, 0.2) is 9.84 Å². The van der Waals surface area contributed by atoms with Gasteiger partial charge in [-0.3, -0.25) is 9.11 Å². The van der Waals surface area contributed by atoms with E-state index in [1.54, 1.807) is 42.5 Å². The van der Waals surface area contributed by atoms with Crippen LogP contribution in [0.5, 0.6) is 0 Å². The van der Waals surface area contributed by atoms with Crippen LogP contribution in [0, 0.1) is 0 Å². The van der Waals surface area contributed by atoms with E-state index < -0.39 is 25.7 Å². The maximum absolute atomic E-state index is 13.3. The lowest BCUT2D eigenvalue weighted by Gasteiger charge is -2.27. The van der Waals surface area contributed by atoms with Crippen molar-refractivity contribution in [1.29, 1.82) is 0 Å². The van der Waals surface area contributed by atoms with E-state index >= 15 is 0 Å². The van der Waals surface area contributed by atoms with Crippen molar-refractivity contribution in [3.05, 3.63) is 95.6 Å². The third-order valence-corrected chi connectivity index (χ3v) is 9.30. The Balaban J connectivity index is 1.67. The summed E-state index contributed by atoms with van der Waals surface area (Å²) in [4.78, 5) is 0.543. The summed E-state index contributed by atoms with van der Waals surface area (Å²) < 4.78 is 47.8. The molecule has 7 heteroatoms. The summed E-state index contributed by atoms with van der Waals surface area (Å²) in [5.74, 6) is -0.199. The van der Waals surface area contributed by atoms with Crippen molar-refractivity contribution in [3.8, 4) is 0 Å². The summed E-state index contributed by atoms with van der Waals surface area (Å²) in [5, 5.41) is 2.37. The third kappa shape index (κ3) is 3.97. The zero-order valence-electron chi connectivity index (χ0n) is 15.7. The first-order valence-electron chi connectivity index (χ1n) is 9.31. The molecule has 3 aromatic rings. The first-order valence-corrected chi connectivity index (χ1v) is 12.6. The van der Waals surface area contributed by atoms with Crippen LogP contribution >= 0.6 is 10.6 Å². The first kappa shape index (κ1) is 20.1. The Bertz CT molecular complexity index is 1100. The summed E-state index contributed by atoms with van der Waals surface area (Å²) in [7, 11) is -6.90. The molecule has 1 aliphatic rings. The zero-order valence-corrected chi connectivity index (χ0v) is 17.4. The second-order valence-corrected chi connectivity index (χ2v) is 11.3. The summed E-state index contributed by atoms with van der Waals surface area (Å²) in [6, 6.07) is 23.4. The van der Waals surface area contributed by atoms with Gasteiger partial charge in [-0.15, -0.1) is 0 Å². The van der Waals surface area contributed by atoms with E-state index in [-0.39, 0.29) is 10.6 Å². The molecule has 3 N–H and O–H groups in total. The van der Waals surface area contributed by atoms with E-state index in [1.165, 1.54) is 0 Å². The quantitative estimate of drug-likeness (QED) is 0.532. The summed E-state index contributed by atoms with van der Waals surface area (Å²) >= 11 is 0. The molecule has 29 heavy (non-hydrogen) atoms. The van der Waals surface area contributed by atoms with Crippen molar-refractivity contribution < 1.29 is 17.5 Å². The van der Waals surface area contributed by atoms with Gasteiger partial charge in [0.1, 0.15) is 5.25 Å². The standard InChI is InChI=1S/C22H23NO4S2/c24-28(25)16-21(29(26,27)19-11-5-2-6-12-19)22-18(10-7-13-20(22)28)15-23-14-17-8-3-1-4-9-17/h1-13,21,23-25H,14-16H2. The fourth-order valence-corrected chi connectivity index (χ4v) is 8.24. The highest BCUT2D eigenvalue weighted by Crippen LogP contribution is 2.62. The normalized spacial score (nSPS) is 18.9. The molecule has 0 spiro atoms. The van der Waals surface area contributed by atoms with Gasteiger partial charge in [-0.25, -0.2) is 8.42 Å². The Kier molecular flexibility index (Phi) is 5.50. The molecule has 0 aromatic heterocycles. The zero-order chi connectivity index (χ0) is 20.5. The van der Waals surface area contributed by atoms with Crippen molar-refractivity contribution in [2.24, 2.45) is 0 Å². The molecule has 0 saturated heterocycles. The predicted molar refractivity (Wildman–Crippen MR) is 116 cm³/mol. The number of benzene rings is 3. The summed E-state index contributed by atoms with van der Waals surface area (Å²) in [5.41, 5.74) is 2.43. The van der Waals surface area contributed by atoms with Crippen molar-refractivity contribution in [1.82, 2.24) is 5.32 Å². The number of sulfone groups is 1. The molecule has 1 heterocycles. The number of rotatable bonds is 6. The van der Waals surface area contributed by atoms with Crippen LogP contribution in [0.1, 0.15) is 21.9 Å². The number of hydrogen-bond donors (Lipinski definition) is 3. The van der Waals surface area contributed by atoms with E-state index in [0.29, 0.717) is 23.5 Å². The molecule has 152 valence electrons. The van der Waals surface area contributed by atoms with Crippen molar-refractivity contribution in [2.45, 2.75) is 28.1 Å². The molecule has 0 amide bonds. The van der Waals surface area contributed by atoms with Gasteiger partial charge in [0.05, 0.1) is 15.5 Å². The SMILES string of the molecule is O=S(=O)(c1ccccc1)C1CS(O)(O)c2cccc(CNCc3ccccc3)c21. The van der Waals surface area contributed by atoms with Gasteiger partial charge < -0.3 is 5.32 Å². The molecule has 0 radical (unpaired) electrons. The largest absolute Gasteiger partial charge is 0.309 e. The Hall–Kier alpha value is -2.16. The third-order valence-electron chi connectivity index (χ3n) is 5.15. The lowest BCUT2D eigenvalue weighted by Crippen LogP contribution is -2.19. The first-order chi connectivity index (χ1) is 13.9. The average Bonchev–Trinajstić information content (AvgIpc) is 3.02. The number of fused-ring (bicyclic) bond motifs is 1. The lowest BCUT2D eigenvalue weighted by atomic mass is 10.0. The van der Waals surface area contributed by atoms with Gasteiger partial charge in [-0.1, -0.05) is 60.7 Å². The number of hydrogen-bond acceptors (Lipinski definition) is 5. The van der Waals surface area contributed by atoms with Crippen molar-refractivity contribution >= 4 is 20.4 Å². The summed E-state index contributed by atoms with van der Waals surface area (Å²) in [6.45, 7) is 1.07. The van der Waals surface area contributed by atoms with Crippen molar-refractivity contribution in [2.75, 3.05) is 5.75 Å². The molecule has 1 atom stereocenters. The Morgan fingerprint density at radius 3 is 2.21 bits per heavy atom. The van der Waals surface area contributed by atoms with Crippen LogP contribution in [0.2, 0.25) is 0 Å². The van der Waals surface area contributed by atoms with Crippen molar-refractivity contribution in [3.63, 3.8) is 0 Å². The van der Waals surface area contributed by atoms with E-state index in [4.69, 9.17) is 0 Å². The van der Waals surface area contributed by atoms with E-state index in [1.807, 2.05) is 36.4 Å². The molecule has 0 bridgehead atoms. The molecule has 4 rings (SSSR count). The Labute approximate surface area is 172 Å². The van der Waals surface area contributed by atoms with E-state index in [9.17, 15) is 17.5 Å². The minimum absolute atomic E-state index is 0.195. The van der Waals surface area contributed by atoms with Gasteiger partial charge in [0.2, 0.25) is 0 Å². The highest BCUT2D eigenvalue weighted by molar-refractivity contribution is 8.25. The van der Waals surface area contributed by atoms with Gasteiger partial charge in [-0.05, 0) is 34.9 Å². The molecule has 0 aliphatic carbocycles. The van der Waals surface area contributed by atoms with Gasteiger partial charge >= 0.3 is 0 Å².